The van der Waals surface area contributed by atoms with Crippen LogP contribution in [-0.2, 0) is 6.54 Å². The first-order valence-corrected chi connectivity index (χ1v) is 7.89. The molecule has 20 heavy (non-hydrogen) atoms. The maximum atomic E-state index is 13.5. The fourth-order valence-corrected chi connectivity index (χ4v) is 4.90. The van der Waals surface area contributed by atoms with Gasteiger partial charge in [-0.3, -0.25) is 0 Å². The molecule has 2 fully saturated rings. The fraction of sp³-hybridized carbons (Fsp3) is 0.647. The van der Waals surface area contributed by atoms with Gasteiger partial charge >= 0.3 is 0 Å². The largest absolute Gasteiger partial charge is 0.309 e. The van der Waals surface area contributed by atoms with Crippen LogP contribution in [-0.4, -0.2) is 6.04 Å². The van der Waals surface area contributed by atoms with Crippen molar-refractivity contribution < 1.29 is 4.39 Å². The molecule has 0 radical (unpaired) electrons. The summed E-state index contributed by atoms with van der Waals surface area (Å²) < 4.78 is 13.5. The van der Waals surface area contributed by atoms with Gasteiger partial charge in [-0.15, -0.1) is 0 Å². The minimum atomic E-state index is -0.329. The molecule has 0 aromatic heterocycles. The normalized spacial score (nSPS) is 34.6. The van der Waals surface area contributed by atoms with E-state index in [1.807, 2.05) is 6.07 Å². The molecule has 2 bridgehead atoms. The van der Waals surface area contributed by atoms with Crippen LogP contribution in [0.3, 0.4) is 0 Å². The molecule has 0 heterocycles. The minimum Gasteiger partial charge on any atom is -0.309 e. The van der Waals surface area contributed by atoms with E-state index in [0.29, 0.717) is 23.4 Å². The zero-order valence-electron chi connectivity index (χ0n) is 12.5. The van der Waals surface area contributed by atoms with Gasteiger partial charge in [0.15, 0.2) is 0 Å². The summed E-state index contributed by atoms with van der Waals surface area (Å²) in [6, 6.07) is 5.52. The van der Waals surface area contributed by atoms with Crippen molar-refractivity contribution in [1.29, 1.82) is 0 Å². The summed E-state index contributed by atoms with van der Waals surface area (Å²) in [6.07, 6.45) is 3.96. The Bertz CT molecular complexity index is 523. The van der Waals surface area contributed by atoms with E-state index in [0.717, 1.165) is 11.5 Å². The summed E-state index contributed by atoms with van der Waals surface area (Å²) in [7, 11) is 0. The van der Waals surface area contributed by atoms with Crippen LogP contribution in [0.2, 0.25) is 5.02 Å². The number of hydrogen-bond donors (Lipinski definition) is 1. The number of halogens is 2. The molecule has 0 amide bonds. The van der Waals surface area contributed by atoms with Crippen molar-refractivity contribution in [2.75, 3.05) is 0 Å². The second-order valence-corrected chi connectivity index (χ2v) is 7.82. The van der Waals surface area contributed by atoms with Gasteiger partial charge in [-0.1, -0.05) is 44.5 Å². The van der Waals surface area contributed by atoms with Crippen molar-refractivity contribution in [1.82, 2.24) is 5.32 Å². The van der Waals surface area contributed by atoms with E-state index in [9.17, 15) is 4.39 Å². The van der Waals surface area contributed by atoms with E-state index in [-0.39, 0.29) is 10.8 Å². The van der Waals surface area contributed by atoms with Crippen molar-refractivity contribution in [3.63, 3.8) is 0 Å². The number of benzene rings is 1. The van der Waals surface area contributed by atoms with Crippen LogP contribution < -0.4 is 5.32 Å². The molecule has 1 aromatic rings. The van der Waals surface area contributed by atoms with Gasteiger partial charge in [0, 0.05) is 12.6 Å². The third kappa shape index (κ3) is 2.08. The summed E-state index contributed by atoms with van der Waals surface area (Å²) in [4.78, 5) is 0. The number of nitrogens with one attached hydrogen (secondary N) is 1. The summed E-state index contributed by atoms with van der Waals surface area (Å²) in [5.74, 6) is 0.484. The first-order valence-electron chi connectivity index (χ1n) is 7.51. The Hall–Kier alpha value is -0.600. The second kappa shape index (κ2) is 4.71. The first kappa shape index (κ1) is 14.3. The number of rotatable bonds is 3. The molecule has 2 aliphatic carbocycles. The lowest BCUT2D eigenvalue weighted by Gasteiger charge is -2.43. The zero-order chi connectivity index (χ0) is 14.5. The molecule has 1 aromatic carbocycles. The molecule has 3 unspecified atom stereocenters. The van der Waals surface area contributed by atoms with E-state index in [4.69, 9.17) is 11.6 Å². The highest BCUT2D eigenvalue weighted by Gasteiger charge is 2.58. The summed E-state index contributed by atoms with van der Waals surface area (Å²) in [6.45, 7) is 7.78. The number of fused-ring (bicyclic) bond motifs is 2. The van der Waals surface area contributed by atoms with Crippen molar-refractivity contribution in [2.24, 2.45) is 16.7 Å². The van der Waals surface area contributed by atoms with Crippen molar-refractivity contribution in [2.45, 2.75) is 52.6 Å². The molecule has 0 saturated heterocycles. The summed E-state index contributed by atoms with van der Waals surface area (Å²) in [5, 5.41) is 3.93. The lowest BCUT2D eigenvalue weighted by atomic mass is 9.68. The van der Waals surface area contributed by atoms with E-state index in [1.54, 1.807) is 6.07 Å². The van der Waals surface area contributed by atoms with Gasteiger partial charge in [0.05, 0.1) is 5.02 Å². The second-order valence-electron chi connectivity index (χ2n) is 7.44. The van der Waals surface area contributed by atoms with Crippen molar-refractivity contribution in [3.8, 4) is 0 Å². The standard InChI is InChI=1S/C17H23ClFN/c1-16(2)12-7-8-17(3,9-12)15(16)20-10-11-5-4-6-13(19)14(11)18/h4-6,12,15,20H,7-10H2,1-3H3. The molecule has 3 atom stereocenters. The van der Waals surface area contributed by atoms with Crippen LogP contribution >= 0.6 is 11.6 Å². The third-order valence-electron chi connectivity index (χ3n) is 5.80. The summed E-state index contributed by atoms with van der Waals surface area (Å²) in [5.41, 5.74) is 1.55. The topological polar surface area (TPSA) is 12.0 Å². The van der Waals surface area contributed by atoms with Crippen LogP contribution in [0.4, 0.5) is 4.39 Å². The molecule has 1 N–H and O–H groups in total. The maximum absolute atomic E-state index is 13.5. The summed E-state index contributed by atoms with van der Waals surface area (Å²) >= 11 is 6.05. The molecular weight excluding hydrogens is 273 g/mol. The Morgan fingerprint density at radius 2 is 2.10 bits per heavy atom. The molecule has 3 heteroatoms. The van der Waals surface area contributed by atoms with Crippen LogP contribution in [0, 0.1) is 22.6 Å². The predicted octanol–water partition coefficient (Wildman–Crippen LogP) is 4.78. The SMILES string of the molecule is CC12CCC(C1)C(C)(C)C2NCc1cccc(F)c1Cl. The van der Waals surface area contributed by atoms with Crippen LogP contribution in [0.15, 0.2) is 18.2 Å². The first-order chi connectivity index (χ1) is 9.34. The Morgan fingerprint density at radius 1 is 1.35 bits per heavy atom. The van der Waals surface area contributed by atoms with Crippen molar-refractivity contribution in [3.05, 3.63) is 34.6 Å². The lowest BCUT2D eigenvalue weighted by molar-refractivity contribution is 0.108. The van der Waals surface area contributed by atoms with Gasteiger partial charge in [-0.05, 0) is 47.6 Å². The molecule has 2 aliphatic rings. The lowest BCUT2D eigenvalue weighted by Crippen LogP contribution is -2.49. The Kier molecular flexibility index (Phi) is 3.38. The van der Waals surface area contributed by atoms with E-state index in [1.165, 1.54) is 25.3 Å². The molecule has 0 spiro atoms. The predicted molar refractivity (Wildman–Crippen MR) is 81.3 cm³/mol. The molecule has 2 saturated carbocycles. The Balaban J connectivity index is 1.77. The van der Waals surface area contributed by atoms with Crippen LogP contribution in [0.1, 0.15) is 45.6 Å². The van der Waals surface area contributed by atoms with Gasteiger partial charge in [0.25, 0.3) is 0 Å². The average Bonchev–Trinajstić information content (AvgIpc) is 2.85. The quantitative estimate of drug-likeness (QED) is 0.846. The van der Waals surface area contributed by atoms with Crippen LogP contribution in [0.25, 0.3) is 0 Å². The van der Waals surface area contributed by atoms with E-state index < -0.39 is 0 Å². The van der Waals surface area contributed by atoms with E-state index in [2.05, 4.69) is 26.1 Å². The van der Waals surface area contributed by atoms with Crippen LogP contribution in [0.5, 0.6) is 0 Å². The van der Waals surface area contributed by atoms with E-state index >= 15 is 0 Å². The molecular formula is C17H23ClFN. The monoisotopic (exact) mass is 295 g/mol. The van der Waals surface area contributed by atoms with Gasteiger partial charge < -0.3 is 5.32 Å². The highest BCUT2D eigenvalue weighted by molar-refractivity contribution is 6.31. The highest BCUT2D eigenvalue weighted by atomic mass is 35.5. The highest BCUT2D eigenvalue weighted by Crippen LogP contribution is 2.62. The molecule has 1 nitrogen and oxygen atoms in total. The Labute approximate surface area is 125 Å². The molecule has 3 rings (SSSR count). The third-order valence-corrected chi connectivity index (χ3v) is 6.22. The Morgan fingerprint density at radius 3 is 2.75 bits per heavy atom. The van der Waals surface area contributed by atoms with Gasteiger partial charge in [0.1, 0.15) is 5.82 Å². The minimum absolute atomic E-state index is 0.256. The maximum Gasteiger partial charge on any atom is 0.142 e. The van der Waals surface area contributed by atoms with Crippen molar-refractivity contribution >= 4 is 11.6 Å². The zero-order valence-corrected chi connectivity index (χ0v) is 13.2. The van der Waals surface area contributed by atoms with Gasteiger partial charge in [0.2, 0.25) is 0 Å². The van der Waals surface area contributed by atoms with Gasteiger partial charge in [-0.25, -0.2) is 4.39 Å². The number of hydrogen-bond acceptors (Lipinski definition) is 1. The van der Waals surface area contributed by atoms with Gasteiger partial charge in [-0.2, -0.15) is 0 Å². The smallest absolute Gasteiger partial charge is 0.142 e. The average molecular weight is 296 g/mol. The fourth-order valence-electron chi connectivity index (χ4n) is 4.71. The molecule has 0 aliphatic heterocycles. The molecule has 110 valence electrons.